The number of hydrogen-bond acceptors (Lipinski definition) is 4. The summed E-state index contributed by atoms with van der Waals surface area (Å²) in [7, 11) is 1.22. The summed E-state index contributed by atoms with van der Waals surface area (Å²) in [6.07, 6.45) is 1.97. The highest BCUT2D eigenvalue weighted by Gasteiger charge is 2.35. The van der Waals surface area contributed by atoms with Gasteiger partial charge in [-0.05, 0) is 55.3 Å². The number of ether oxygens (including phenoxy) is 1. The third-order valence-corrected chi connectivity index (χ3v) is 11.0. The normalized spacial score (nSPS) is 14.2. The molecule has 0 unspecified atom stereocenters. The SMILES string of the molecule is CC[Si](CC)(CC)O[C@@H]([C@H](C)CCCOCc1ccccc1)[C@@H](C)C#CC(=O)N(C)OC. The van der Waals surface area contributed by atoms with Crippen LogP contribution in [0, 0.1) is 23.7 Å². The fourth-order valence-corrected chi connectivity index (χ4v) is 6.87. The Morgan fingerprint density at radius 2 is 1.72 bits per heavy atom. The lowest BCUT2D eigenvalue weighted by molar-refractivity contribution is -0.161. The Morgan fingerprint density at radius 1 is 1.09 bits per heavy atom. The molecule has 0 saturated heterocycles. The van der Waals surface area contributed by atoms with Crippen LogP contribution in [0.4, 0.5) is 0 Å². The minimum absolute atomic E-state index is 0.00351. The van der Waals surface area contributed by atoms with Crippen LogP contribution in [0.25, 0.3) is 0 Å². The van der Waals surface area contributed by atoms with Crippen molar-refractivity contribution < 1.29 is 18.8 Å². The Hall–Kier alpha value is -1.65. The Morgan fingerprint density at radius 3 is 2.28 bits per heavy atom. The minimum atomic E-state index is -1.81. The lowest BCUT2D eigenvalue weighted by Gasteiger charge is -2.38. The molecule has 0 aliphatic heterocycles. The van der Waals surface area contributed by atoms with Crippen molar-refractivity contribution in [3.05, 3.63) is 35.9 Å². The molecule has 0 fully saturated rings. The van der Waals surface area contributed by atoms with Crippen LogP contribution < -0.4 is 0 Å². The van der Waals surface area contributed by atoms with Crippen molar-refractivity contribution in [1.29, 1.82) is 0 Å². The van der Waals surface area contributed by atoms with Crippen LogP contribution in [0.1, 0.15) is 53.0 Å². The van der Waals surface area contributed by atoms with E-state index in [0.29, 0.717) is 12.5 Å². The fraction of sp³-hybridized carbons (Fsp3) is 0.654. The van der Waals surface area contributed by atoms with Crippen LogP contribution in [0.15, 0.2) is 30.3 Å². The first-order chi connectivity index (χ1) is 15.3. The highest BCUT2D eigenvalue weighted by atomic mass is 28.4. The zero-order valence-corrected chi connectivity index (χ0v) is 22.1. The van der Waals surface area contributed by atoms with Gasteiger partial charge in [0.15, 0.2) is 8.32 Å². The van der Waals surface area contributed by atoms with Gasteiger partial charge in [-0.2, -0.15) is 0 Å². The van der Waals surface area contributed by atoms with E-state index in [2.05, 4.69) is 58.6 Å². The first-order valence-corrected chi connectivity index (χ1v) is 14.5. The standard InChI is InChI=1S/C26H43NO4Si/c1-8-32(9-2,10-3)31-26(23(5)18-19-25(28)27(6)29-7)22(4)15-14-20-30-21-24-16-12-11-13-17-24/h11-13,16-17,22-23,26H,8-10,14-15,20-21H2,1-7H3/t22-,23+,26+/m1/s1. The van der Waals surface area contributed by atoms with E-state index in [-0.39, 0.29) is 17.9 Å². The number of benzene rings is 1. The zero-order chi connectivity index (χ0) is 24.0. The van der Waals surface area contributed by atoms with Crippen LogP contribution in [-0.2, 0) is 25.4 Å². The van der Waals surface area contributed by atoms with Gasteiger partial charge in [0.25, 0.3) is 0 Å². The first kappa shape index (κ1) is 28.4. The minimum Gasteiger partial charge on any atom is -0.412 e. The number of rotatable bonds is 14. The van der Waals surface area contributed by atoms with Gasteiger partial charge in [0.2, 0.25) is 0 Å². The molecule has 1 rings (SSSR count). The van der Waals surface area contributed by atoms with Crippen LogP contribution in [0.5, 0.6) is 0 Å². The Balaban J connectivity index is 2.77. The van der Waals surface area contributed by atoms with Crippen LogP contribution in [-0.4, -0.2) is 46.2 Å². The Labute approximate surface area is 196 Å². The van der Waals surface area contributed by atoms with Gasteiger partial charge in [-0.1, -0.05) is 63.9 Å². The molecule has 0 N–H and O–H groups in total. The number of amides is 1. The van der Waals surface area contributed by atoms with Crippen LogP contribution in [0.2, 0.25) is 18.1 Å². The number of hydrogen-bond donors (Lipinski definition) is 0. The fourth-order valence-electron chi connectivity index (χ4n) is 3.85. The lowest BCUT2D eigenvalue weighted by Crippen LogP contribution is -2.44. The highest BCUT2D eigenvalue weighted by molar-refractivity contribution is 6.73. The number of hydroxylamine groups is 2. The highest BCUT2D eigenvalue weighted by Crippen LogP contribution is 2.30. The van der Waals surface area contributed by atoms with Crippen LogP contribution >= 0.6 is 0 Å². The van der Waals surface area contributed by atoms with Crippen molar-refractivity contribution in [1.82, 2.24) is 5.06 Å². The quantitative estimate of drug-likeness (QED) is 0.155. The monoisotopic (exact) mass is 461 g/mol. The second-order valence-corrected chi connectivity index (χ2v) is 13.3. The van der Waals surface area contributed by atoms with Gasteiger partial charge >= 0.3 is 5.91 Å². The van der Waals surface area contributed by atoms with Crippen molar-refractivity contribution in [2.24, 2.45) is 11.8 Å². The molecule has 0 heterocycles. The van der Waals surface area contributed by atoms with Gasteiger partial charge in [0.1, 0.15) is 0 Å². The molecule has 1 aromatic rings. The number of nitrogens with zero attached hydrogens (tertiary/aromatic N) is 1. The molecule has 5 nitrogen and oxygen atoms in total. The summed E-state index contributed by atoms with van der Waals surface area (Å²) in [4.78, 5) is 17.0. The van der Waals surface area contributed by atoms with Crippen molar-refractivity contribution >= 4 is 14.2 Å². The number of carbonyl (C=O) groups is 1. The lowest BCUT2D eigenvalue weighted by atomic mass is 9.90. The van der Waals surface area contributed by atoms with E-state index in [9.17, 15) is 4.79 Å². The molecule has 1 amide bonds. The molecule has 3 atom stereocenters. The molecule has 0 bridgehead atoms. The zero-order valence-electron chi connectivity index (χ0n) is 21.1. The molecule has 0 saturated carbocycles. The topological polar surface area (TPSA) is 48.0 Å². The first-order valence-electron chi connectivity index (χ1n) is 11.9. The number of carbonyl (C=O) groups excluding carboxylic acids is 1. The molecule has 0 aliphatic carbocycles. The molecule has 0 radical (unpaired) electrons. The van der Waals surface area contributed by atoms with Crippen LogP contribution in [0.3, 0.4) is 0 Å². The maximum absolute atomic E-state index is 12.1. The second-order valence-electron chi connectivity index (χ2n) is 8.53. The van der Waals surface area contributed by atoms with E-state index in [1.807, 2.05) is 18.2 Å². The third-order valence-electron chi connectivity index (χ3n) is 6.40. The smallest absolute Gasteiger partial charge is 0.321 e. The average molecular weight is 462 g/mol. The predicted molar refractivity (Wildman–Crippen MR) is 133 cm³/mol. The third kappa shape index (κ3) is 9.46. The van der Waals surface area contributed by atoms with Gasteiger partial charge in [-0.25, -0.2) is 5.06 Å². The van der Waals surface area contributed by atoms with Gasteiger partial charge < -0.3 is 9.16 Å². The molecule has 0 aliphatic rings. The van der Waals surface area contributed by atoms with E-state index >= 15 is 0 Å². The van der Waals surface area contributed by atoms with Crippen molar-refractivity contribution in [2.45, 2.75) is 78.3 Å². The Kier molecular flexibility index (Phi) is 13.5. The molecule has 32 heavy (non-hydrogen) atoms. The van der Waals surface area contributed by atoms with Gasteiger partial charge in [0, 0.05) is 19.6 Å². The molecular weight excluding hydrogens is 418 g/mol. The summed E-state index contributed by atoms with van der Waals surface area (Å²) in [5.74, 6) is 5.81. The average Bonchev–Trinajstić information content (AvgIpc) is 2.83. The largest absolute Gasteiger partial charge is 0.412 e. The van der Waals surface area contributed by atoms with Gasteiger partial charge in [-0.15, -0.1) is 0 Å². The molecule has 6 heteroatoms. The van der Waals surface area contributed by atoms with Gasteiger partial charge in [0.05, 0.1) is 19.8 Å². The molecule has 1 aromatic carbocycles. The molecular formula is C26H43NO4Si. The molecule has 0 spiro atoms. The van der Waals surface area contributed by atoms with E-state index in [0.717, 1.165) is 42.6 Å². The van der Waals surface area contributed by atoms with E-state index in [1.54, 1.807) is 7.05 Å². The molecule has 0 aromatic heterocycles. The summed E-state index contributed by atoms with van der Waals surface area (Å²) in [5, 5.41) is 1.15. The van der Waals surface area contributed by atoms with E-state index in [1.165, 1.54) is 12.7 Å². The van der Waals surface area contributed by atoms with E-state index < -0.39 is 8.32 Å². The second kappa shape index (κ2) is 15.2. The maximum Gasteiger partial charge on any atom is 0.321 e. The van der Waals surface area contributed by atoms with Crippen molar-refractivity contribution in [3.8, 4) is 11.8 Å². The summed E-state index contributed by atoms with van der Waals surface area (Å²) in [6, 6.07) is 13.5. The van der Waals surface area contributed by atoms with Crippen molar-refractivity contribution in [3.63, 3.8) is 0 Å². The summed E-state index contributed by atoms with van der Waals surface area (Å²) >= 11 is 0. The van der Waals surface area contributed by atoms with Gasteiger partial charge in [-0.3, -0.25) is 9.63 Å². The molecule has 180 valence electrons. The Bertz CT molecular complexity index is 703. The summed E-state index contributed by atoms with van der Waals surface area (Å²) in [6.45, 7) is 12.4. The van der Waals surface area contributed by atoms with Crippen molar-refractivity contribution in [2.75, 3.05) is 20.8 Å². The summed E-state index contributed by atoms with van der Waals surface area (Å²) in [5.41, 5.74) is 1.20. The summed E-state index contributed by atoms with van der Waals surface area (Å²) < 4.78 is 12.8. The maximum atomic E-state index is 12.1. The van der Waals surface area contributed by atoms with E-state index in [4.69, 9.17) is 14.0 Å². The predicted octanol–water partition coefficient (Wildman–Crippen LogP) is 5.67.